The fourth-order valence-electron chi connectivity index (χ4n) is 1.74. The molecule has 0 fully saturated rings. The lowest BCUT2D eigenvalue weighted by atomic mass is 10.1. The Balaban J connectivity index is 2.30. The molecule has 0 aliphatic carbocycles. The first-order valence-corrected chi connectivity index (χ1v) is 5.82. The van der Waals surface area contributed by atoms with Crippen molar-refractivity contribution in [2.24, 2.45) is 0 Å². The molecule has 2 rings (SSSR count). The van der Waals surface area contributed by atoms with Crippen LogP contribution in [0, 0.1) is 11.6 Å². The lowest BCUT2D eigenvalue weighted by molar-refractivity contribution is 0.466. The van der Waals surface area contributed by atoms with Gasteiger partial charge in [-0.05, 0) is 23.8 Å². The standard InChI is InChI=1S/C14H15F2NO/c1-9(2)17-8-14-13(3-4-18-14)10-5-11(15)7-12(16)6-10/h3-7,9,17H,8H2,1-2H3. The predicted molar refractivity (Wildman–Crippen MR) is 66.0 cm³/mol. The molecule has 1 heterocycles. The van der Waals surface area contributed by atoms with Crippen LogP contribution < -0.4 is 5.32 Å². The SMILES string of the molecule is CC(C)NCc1occc1-c1cc(F)cc(F)c1. The summed E-state index contributed by atoms with van der Waals surface area (Å²) in [6, 6.07) is 5.48. The second kappa shape index (κ2) is 5.31. The summed E-state index contributed by atoms with van der Waals surface area (Å²) in [6.45, 7) is 4.56. The molecule has 0 atom stereocenters. The Morgan fingerprint density at radius 2 is 1.83 bits per heavy atom. The van der Waals surface area contributed by atoms with Gasteiger partial charge in [0.2, 0.25) is 0 Å². The van der Waals surface area contributed by atoms with Gasteiger partial charge in [0.25, 0.3) is 0 Å². The highest BCUT2D eigenvalue weighted by atomic mass is 19.1. The van der Waals surface area contributed by atoms with Crippen molar-refractivity contribution in [3.63, 3.8) is 0 Å². The maximum Gasteiger partial charge on any atom is 0.126 e. The lowest BCUT2D eigenvalue weighted by Gasteiger charge is -2.08. The van der Waals surface area contributed by atoms with Crippen molar-refractivity contribution in [3.8, 4) is 11.1 Å². The molecule has 2 nitrogen and oxygen atoms in total. The van der Waals surface area contributed by atoms with Gasteiger partial charge in [-0.15, -0.1) is 0 Å². The molecule has 18 heavy (non-hydrogen) atoms. The monoisotopic (exact) mass is 251 g/mol. The van der Waals surface area contributed by atoms with Crippen LogP contribution in [0.25, 0.3) is 11.1 Å². The highest BCUT2D eigenvalue weighted by molar-refractivity contribution is 5.65. The number of hydrogen-bond acceptors (Lipinski definition) is 2. The maximum absolute atomic E-state index is 13.2. The third-order valence-electron chi connectivity index (χ3n) is 2.59. The number of furan rings is 1. The first-order chi connectivity index (χ1) is 8.56. The summed E-state index contributed by atoms with van der Waals surface area (Å²) in [5.41, 5.74) is 1.20. The lowest BCUT2D eigenvalue weighted by Crippen LogP contribution is -2.21. The van der Waals surface area contributed by atoms with Crippen LogP contribution in [0.15, 0.2) is 34.9 Å². The summed E-state index contributed by atoms with van der Waals surface area (Å²) in [5.74, 6) is -0.503. The van der Waals surface area contributed by atoms with Crippen LogP contribution in [-0.4, -0.2) is 6.04 Å². The van der Waals surface area contributed by atoms with Crippen molar-refractivity contribution in [2.45, 2.75) is 26.4 Å². The maximum atomic E-state index is 13.2. The van der Waals surface area contributed by atoms with Gasteiger partial charge in [0, 0.05) is 17.7 Å². The minimum atomic E-state index is -0.589. The quantitative estimate of drug-likeness (QED) is 0.895. The zero-order chi connectivity index (χ0) is 13.1. The van der Waals surface area contributed by atoms with Crippen molar-refractivity contribution in [1.82, 2.24) is 5.32 Å². The van der Waals surface area contributed by atoms with Gasteiger partial charge in [-0.1, -0.05) is 13.8 Å². The Hall–Kier alpha value is -1.68. The summed E-state index contributed by atoms with van der Waals surface area (Å²) in [5, 5.41) is 3.21. The van der Waals surface area contributed by atoms with E-state index in [9.17, 15) is 8.78 Å². The highest BCUT2D eigenvalue weighted by Crippen LogP contribution is 2.26. The van der Waals surface area contributed by atoms with E-state index in [0.29, 0.717) is 29.5 Å². The van der Waals surface area contributed by atoms with E-state index >= 15 is 0 Å². The molecule has 1 aromatic carbocycles. The number of rotatable bonds is 4. The van der Waals surface area contributed by atoms with Crippen molar-refractivity contribution in [2.75, 3.05) is 0 Å². The molecule has 0 bridgehead atoms. The summed E-state index contributed by atoms with van der Waals surface area (Å²) in [4.78, 5) is 0. The summed E-state index contributed by atoms with van der Waals surface area (Å²) >= 11 is 0. The van der Waals surface area contributed by atoms with Gasteiger partial charge in [-0.2, -0.15) is 0 Å². The third-order valence-corrected chi connectivity index (χ3v) is 2.59. The van der Waals surface area contributed by atoms with Crippen LogP contribution in [0.1, 0.15) is 19.6 Å². The summed E-state index contributed by atoms with van der Waals surface area (Å²) < 4.78 is 31.7. The molecule has 0 unspecified atom stereocenters. The van der Waals surface area contributed by atoms with Crippen molar-refractivity contribution < 1.29 is 13.2 Å². The smallest absolute Gasteiger partial charge is 0.126 e. The molecule has 0 radical (unpaired) electrons. The number of nitrogens with one attached hydrogen (secondary N) is 1. The van der Waals surface area contributed by atoms with Gasteiger partial charge in [-0.3, -0.25) is 0 Å². The molecular formula is C14H15F2NO. The number of halogens is 2. The van der Waals surface area contributed by atoms with E-state index in [-0.39, 0.29) is 0 Å². The molecule has 0 spiro atoms. The van der Waals surface area contributed by atoms with E-state index in [1.807, 2.05) is 13.8 Å². The Kier molecular flexibility index (Phi) is 3.77. The normalized spacial score (nSPS) is 11.2. The van der Waals surface area contributed by atoms with E-state index < -0.39 is 11.6 Å². The summed E-state index contributed by atoms with van der Waals surface area (Å²) in [7, 11) is 0. The molecule has 0 aliphatic rings. The Morgan fingerprint density at radius 1 is 1.17 bits per heavy atom. The molecule has 1 aromatic heterocycles. The first kappa shape index (κ1) is 12.8. The van der Waals surface area contributed by atoms with E-state index in [1.54, 1.807) is 6.07 Å². The summed E-state index contributed by atoms with van der Waals surface area (Å²) in [6.07, 6.45) is 1.52. The van der Waals surface area contributed by atoms with Crippen LogP contribution in [-0.2, 0) is 6.54 Å². The molecule has 0 amide bonds. The Labute approximate surface area is 105 Å². The highest BCUT2D eigenvalue weighted by Gasteiger charge is 2.11. The minimum absolute atomic E-state index is 0.312. The zero-order valence-electron chi connectivity index (χ0n) is 10.3. The van der Waals surface area contributed by atoms with Gasteiger partial charge >= 0.3 is 0 Å². The fraction of sp³-hybridized carbons (Fsp3) is 0.286. The number of benzene rings is 1. The minimum Gasteiger partial charge on any atom is -0.467 e. The van der Waals surface area contributed by atoms with E-state index in [2.05, 4.69) is 5.32 Å². The fourth-order valence-corrected chi connectivity index (χ4v) is 1.74. The van der Waals surface area contributed by atoms with Gasteiger partial charge in [0.15, 0.2) is 0 Å². The van der Waals surface area contributed by atoms with Gasteiger partial charge in [-0.25, -0.2) is 8.78 Å². The van der Waals surface area contributed by atoms with Gasteiger partial charge in [0.1, 0.15) is 17.4 Å². The predicted octanol–water partition coefficient (Wildman–Crippen LogP) is 3.72. The topological polar surface area (TPSA) is 25.2 Å². The molecule has 4 heteroatoms. The van der Waals surface area contributed by atoms with Crippen LogP contribution in [0.4, 0.5) is 8.78 Å². The molecular weight excluding hydrogens is 236 g/mol. The second-order valence-corrected chi connectivity index (χ2v) is 4.45. The van der Waals surface area contributed by atoms with Crippen molar-refractivity contribution in [1.29, 1.82) is 0 Å². The average Bonchev–Trinajstić information content (AvgIpc) is 2.72. The Bertz CT molecular complexity index is 514. The first-order valence-electron chi connectivity index (χ1n) is 5.82. The largest absolute Gasteiger partial charge is 0.467 e. The molecule has 0 saturated heterocycles. The van der Waals surface area contributed by atoms with Crippen LogP contribution in [0.3, 0.4) is 0 Å². The Morgan fingerprint density at radius 3 is 2.44 bits per heavy atom. The van der Waals surface area contributed by atoms with Gasteiger partial charge in [0.05, 0.1) is 12.8 Å². The van der Waals surface area contributed by atoms with E-state index in [0.717, 1.165) is 6.07 Å². The van der Waals surface area contributed by atoms with Crippen LogP contribution in [0.5, 0.6) is 0 Å². The van der Waals surface area contributed by atoms with Gasteiger partial charge < -0.3 is 9.73 Å². The van der Waals surface area contributed by atoms with E-state index in [1.165, 1.54) is 18.4 Å². The molecule has 0 aliphatic heterocycles. The van der Waals surface area contributed by atoms with E-state index in [4.69, 9.17) is 4.42 Å². The number of hydrogen-bond donors (Lipinski definition) is 1. The van der Waals surface area contributed by atoms with Crippen LogP contribution >= 0.6 is 0 Å². The molecule has 2 aromatic rings. The van der Waals surface area contributed by atoms with Crippen LogP contribution in [0.2, 0.25) is 0 Å². The van der Waals surface area contributed by atoms with Crippen molar-refractivity contribution in [3.05, 3.63) is 47.9 Å². The molecule has 0 saturated carbocycles. The molecule has 96 valence electrons. The average molecular weight is 251 g/mol. The molecule has 1 N–H and O–H groups in total. The zero-order valence-corrected chi connectivity index (χ0v) is 10.3. The third kappa shape index (κ3) is 2.96. The van der Waals surface area contributed by atoms with Crippen molar-refractivity contribution >= 4 is 0 Å². The second-order valence-electron chi connectivity index (χ2n) is 4.45.